The number of hydrogen-bond acceptors (Lipinski definition) is 3. The van der Waals surface area contributed by atoms with E-state index in [1.54, 1.807) is 0 Å². The van der Waals surface area contributed by atoms with Crippen molar-refractivity contribution >= 4 is 51.1 Å². The van der Waals surface area contributed by atoms with E-state index >= 15 is 0 Å². The van der Waals surface area contributed by atoms with Crippen LogP contribution < -0.4 is 14.5 Å². The molecule has 0 saturated carbocycles. The van der Waals surface area contributed by atoms with Crippen LogP contribution in [0, 0.1) is 0 Å². The number of fused-ring (bicyclic) bond motifs is 5. The number of rotatable bonds is 7. The minimum absolute atomic E-state index is 0.839. The minimum Gasteiger partial charge on any atom is -0.453 e. The highest BCUT2D eigenvalue weighted by Gasteiger charge is 2.27. The van der Waals surface area contributed by atoms with Crippen molar-refractivity contribution in [3.8, 4) is 39.4 Å². The van der Waals surface area contributed by atoms with Crippen LogP contribution in [0.3, 0.4) is 0 Å². The molecule has 0 spiro atoms. The first-order valence-corrected chi connectivity index (χ1v) is 20.0. The molecule has 0 N–H and O–H groups in total. The van der Waals surface area contributed by atoms with E-state index in [1.165, 1.54) is 38.9 Å². The van der Waals surface area contributed by atoms with Gasteiger partial charge in [-0.3, -0.25) is 0 Å². The molecule has 8 aromatic carbocycles. The van der Waals surface area contributed by atoms with Gasteiger partial charge in [-0.2, -0.15) is 0 Å². The number of benzene rings is 8. The molecule has 11 rings (SSSR count). The second kappa shape index (κ2) is 14.2. The van der Waals surface area contributed by atoms with Gasteiger partial charge < -0.3 is 19.1 Å². The first-order chi connectivity index (χ1) is 28.8. The molecule has 4 heteroatoms. The lowest BCUT2D eigenvalue weighted by Gasteiger charge is -2.33. The van der Waals surface area contributed by atoms with Gasteiger partial charge in [0.1, 0.15) is 0 Å². The third-order valence-corrected chi connectivity index (χ3v) is 11.4. The Labute approximate surface area is 338 Å². The van der Waals surface area contributed by atoms with Gasteiger partial charge in [0.15, 0.2) is 11.5 Å². The Morgan fingerprint density at radius 3 is 1.76 bits per heavy atom. The molecule has 4 nitrogen and oxygen atoms in total. The van der Waals surface area contributed by atoms with E-state index in [2.05, 4.69) is 221 Å². The number of para-hydroxylation sites is 4. The summed E-state index contributed by atoms with van der Waals surface area (Å²) in [7, 11) is 0. The van der Waals surface area contributed by atoms with Crippen LogP contribution in [0.15, 0.2) is 206 Å². The van der Waals surface area contributed by atoms with Gasteiger partial charge >= 0.3 is 0 Å². The second-order valence-corrected chi connectivity index (χ2v) is 14.9. The standard InChI is InChI=1S/C54H39N3O/c1-4-14-38(15-5-1)39-24-28-45(29-25-39)57-51-22-12-13-23-53(51)58-54-37-41(27-35-52(54)57)40-26-34-50-48(36-40)47-20-10-11-21-49(47)56(50)46-32-30-44(31-33-46)55(42-16-6-2-7-17-42)43-18-8-3-9-19-43/h1-9,11-19,21-37H,10,20H2. The highest BCUT2D eigenvalue weighted by molar-refractivity contribution is 5.95. The van der Waals surface area contributed by atoms with E-state index in [0.29, 0.717) is 0 Å². The molecule has 1 aliphatic carbocycles. The van der Waals surface area contributed by atoms with E-state index in [9.17, 15) is 0 Å². The van der Waals surface area contributed by atoms with Gasteiger partial charge in [-0.15, -0.1) is 0 Å². The molecule has 1 aliphatic heterocycles. The Hall–Kier alpha value is -7.56. The fourth-order valence-corrected chi connectivity index (χ4v) is 8.69. The predicted octanol–water partition coefficient (Wildman–Crippen LogP) is 15.0. The zero-order valence-corrected chi connectivity index (χ0v) is 31.9. The maximum Gasteiger partial charge on any atom is 0.152 e. The van der Waals surface area contributed by atoms with Crippen molar-refractivity contribution in [1.82, 2.24) is 4.57 Å². The molecule has 58 heavy (non-hydrogen) atoms. The third kappa shape index (κ3) is 5.86. The molecule has 0 amide bonds. The Kier molecular flexibility index (Phi) is 8.25. The van der Waals surface area contributed by atoms with Crippen LogP contribution in [0.5, 0.6) is 11.5 Å². The van der Waals surface area contributed by atoms with Crippen LogP contribution in [0.25, 0.3) is 44.9 Å². The molecule has 0 bridgehead atoms. The lowest BCUT2D eigenvalue weighted by atomic mass is 9.97. The molecular weight excluding hydrogens is 707 g/mol. The Bertz CT molecular complexity index is 2910. The van der Waals surface area contributed by atoms with Crippen LogP contribution in [0.4, 0.5) is 34.1 Å². The fraction of sp³-hybridized carbons (Fsp3) is 0.0370. The van der Waals surface area contributed by atoms with E-state index in [-0.39, 0.29) is 0 Å². The molecule has 0 saturated heterocycles. The van der Waals surface area contributed by atoms with Crippen molar-refractivity contribution in [1.29, 1.82) is 0 Å². The lowest BCUT2D eigenvalue weighted by molar-refractivity contribution is 0.477. The summed E-state index contributed by atoms with van der Waals surface area (Å²) < 4.78 is 9.08. The molecule has 2 aliphatic rings. The summed E-state index contributed by atoms with van der Waals surface area (Å²) in [5, 5.41) is 1.29. The summed E-state index contributed by atoms with van der Waals surface area (Å²) in [6, 6.07) is 71.3. The zero-order valence-electron chi connectivity index (χ0n) is 31.9. The van der Waals surface area contributed by atoms with Gasteiger partial charge in [0.2, 0.25) is 0 Å². The molecule has 1 aromatic heterocycles. The predicted molar refractivity (Wildman–Crippen MR) is 241 cm³/mol. The molecular formula is C54H39N3O. The number of nitrogens with zero attached hydrogens (tertiary/aromatic N) is 3. The van der Waals surface area contributed by atoms with Crippen molar-refractivity contribution in [3.63, 3.8) is 0 Å². The summed E-state index contributed by atoms with van der Waals surface area (Å²) in [5.74, 6) is 1.68. The largest absolute Gasteiger partial charge is 0.453 e. The Morgan fingerprint density at radius 1 is 0.448 bits per heavy atom. The monoisotopic (exact) mass is 745 g/mol. The van der Waals surface area contributed by atoms with Crippen molar-refractivity contribution in [2.75, 3.05) is 9.80 Å². The normalized spacial score (nSPS) is 12.7. The van der Waals surface area contributed by atoms with Gasteiger partial charge in [-0.05, 0) is 144 Å². The number of allylic oxidation sites excluding steroid dienone is 1. The molecule has 276 valence electrons. The quantitative estimate of drug-likeness (QED) is 0.162. The summed E-state index contributed by atoms with van der Waals surface area (Å²) in [6.45, 7) is 0. The van der Waals surface area contributed by atoms with Gasteiger partial charge in [-0.25, -0.2) is 0 Å². The van der Waals surface area contributed by atoms with Crippen LogP contribution in [-0.2, 0) is 6.42 Å². The van der Waals surface area contributed by atoms with Gasteiger partial charge in [0.05, 0.1) is 16.9 Å². The van der Waals surface area contributed by atoms with Crippen molar-refractivity contribution in [3.05, 3.63) is 218 Å². The molecule has 2 heterocycles. The highest BCUT2D eigenvalue weighted by atomic mass is 16.5. The molecule has 0 atom stereocenters. The minimum atomic E-state index is 0.839. The fourth-order valence-electron chi connectivity index (χ4n) is 8.69. The zero-order chi connectivity index (χ0) is 38.4. The van der Waals surface area contributed by atoms with Gasteiger partial charge in [-0.1, -0.05) is 109 Å². The number of aromatic nitrogens is 1. The topological polar surface area (TPSA) is 20.6 Å². The summed E-state index contributed by atoms with van der Waals surface area (Å²) in [5.41, 5.74) is 16.2. The second-order valence-electron chi connectivity index (χ2n) is 14.9. The molecule has 0 radical (unpaired) electrons. The molecule has 0 unspecified atom stereocenters. The molecule has 9 aromatic rings. The maximum absolute atomic E-state index is 6.65. The Morgan fingerprint density at radius 2 is 1.02 bits per heavy atom. The summed E-state index contributed by atoms with van der Waals surface area (Å²) >= 11 is 0. The average molecular weight is 746 g/mol. The van der Waals surface area contributed by atoms with Crippen LogP contribution >= 0.6 is 0 Å². The first-order valence-electron chi connectivity index (χ1n) is 20.0. The number of hydrogen-bond donors (Lipinski definition) is 0. The van der Waals surface area contributed by atoms with Crippen molar-refractivity contribution in [2.24, 2.45) is 0 Å². The number of anilines is 6. The summed E-state index contributed by atoms with van der Waals surface area (Å²) in [4.78, 5) is 4.61. The van der Waals surface area contributed by atoms with Crippen LogP contribution in [0.1, 0.15) is 17.7 Å². The van der Waals surface area contributed by atoms with Crippen molar-refractivity contribution < 1.29 is 4.74 Å². The van der Waals surface area contributed by atoms with E-state index in [4.69, 9.17) is 4.74 Å². The first kappa shape index (κ1) is 33.8. The van der Waals surface area contributed by atoms with Gasteiger partial charge in [0.25, 0.3) is 0 Å². The SMILES string of the molecule is C1=Cc2c(c3cc(-c4ccc5c(c4)Oc4ccccc4N5c4ccc(-c5ccccc5)cc4)ccc3n2-c2ccc(N(c3ccccc3)c3ccccc3)cc2)CC1. The third-order valence-electron chi connectivity index (χ3n) is 11.4. The molecule has 0 fully saturated rings. The van der Waals surface area contributed by atoms with Gasteiger partial charge in [0, 0.05) is 39.5 Å². The van der Waals surface area contributed by atoms with E-state index < -0.39 is 0 Å². The number of ether oxygens (including phenoxy) is 1. The number of aryl methyl sites for hydroxylation is 1. The summed E-state index contributed by atoms with van der Waals surface area (Å²) in [6.07, 6.45) is 6.65. The highest BCUT2D eigenvalue weighted by Crippen LogP contribution is 2.51. The smallest absolute Gasteiger partial charge is 0.152 e. The van der Waals surface area contributed by atoms with E-state index in [0.717, 1.165) is 69.7 Å². The lowest BCUT2D eigenvalue weighted by Crippen LogP contribution is -2.15. The van der Waals surface area contributed by atoms with Crippen LogP contribution in [-0.4, -0.2) is 4.57 Å². The maximum atomic E-state index is 6.65. The van der Waals surface area contributed by atoms with Crippen molar-refractivity contribution in [2.45, 2.75) is 12.8 Å². The average Bonchev–Trinajstić information content (AvgIpc) is 3.63. The van der Waals surface area contributed by atoms with E-state index in [1.807, 2.05) is 6.07 Å². The Balaban J connectivity index is 0.959. The van der Waals surface area contributed by atoms with Crippen LogP contribution in [0.2, 0.25) is 0 Å².